The second-order valence-corrected chi connectivity index (χ2v) is 5.11. The van der Waals surface area contributed by atoms with E-state index in [0.29, 0.717) is 19.7 Å². The van der Waals surface area contributed by atoms with E-state index in [-0.39, 0.29) is 30.5 Å². The Kier molecular flexibility index (Phi) is 5.09. The maximum absolute atomic E-state index is 13.2. The van der Waals surface area contributed by atoms with Gasteiger partial charge in [-0.05, 0) is 31.5 Å². The van der Waals surface area contributed by atoms with E-state index >= 15 is 0 Å². The van der Waals surface area contributed by atoms with Crippen LogP contribution < -0.4 is 0 Å². The number of nitrogens with zero attached hydrogens (tertiary/aromatic N) is 1. The van der Waals surface area contributed by atoms with E-state index in [0.717, 1.165) is 5.56 Å². The number of carbonyl (C=O) groups excluding carboxylic acids is 1. The fourth-order valence-electron chi connectivity index (χ4n) is 2.11. The molecule has 1 aliphatic rings. The van der Waals surface area contributed by atoms with Gasteiger partial charge in [0.25, 0.3) is 0 Å². The van der Waals surface area contributed by atoms with Crippen LogP contribution in [-0.2, 0) is 14.3 Å². The predicted octanol–water partition coefficient (Wildman–Crippen LogP) is 2.15. The Labute approximate surface area is 118 Å². The van der Waals surface area contributed by atoms with Crippen LogP contribution in [0.2, 0.25) is 0 Å². The van der Waals surface area contributed by atoms with Gasteiger partial charge in [0, 0.05) is 6.54 Å². The smallest absolute Gasteiger partial charge is 0.248 e. The number of hydrogen-bond acceptors (Lipinski definition) is 3. The molecule has 1 heterocycles. The van der Waals surface area contributed by atoms with Crippen molar-refractivity contribution in [3.8, 4) is 0 Å². The van der Waals surface area contributed by atoms with Crippen LogP contribution >= 0.6 is 0 Å². The molecule has 0 aromatic heterocycles. The van der Waals surface area contributed by atoms with E-state index in [9.17, 15) is 9.18 Å². The van der Waals surface area contributed by atoms with Crippen LogP contribution in [0.1, 0.15) is 25.5 Å². The average molecular weight is 281 g/mol. The van der Waals surface area contributed by atoms with E-state index in [4.69, 9.17) is 9.47 Å². The van der Waals surface area contributed by atoms with Crippen molar-refractivity contribution >= 4 is 5.91 Å². The minimum Gasteiger partial charge on any atom is -0.370 e. The summed E-state index contributed by atoms with van der Waals surface area (Å²) in [7, 11) is 0. The number of rotatable bonds is 4. The number of carbonyl (C=O) groups is 1. The number of morpholine rings is 1. The molecule has 1 aromatic rings. The summed E-state index contributed by atoms with van der Waals surface area (Å²) in [5, 5.41) is 0. The molecule has 0 radical (unpaired) electrons. The average Bonchev–Trinajstić information content (AvgIpc) is 2.45. The molecule has 1 fully saturated rings. The summed E-state index contributed by atoms with van der Waals surface area (Å²) in [6.45, 7) is 5.29. The molecule has 1 amide bonds. The highest BCUT2D eigenvalue weighted by atomic mass is 19.1. The highest BCUT2D eigenvalue weighted by Gasteiger charge is 2.25. The van der Waals surface area contributed by atoms with Gasteiger partial charge in [-0.25, -0.2) is 4.39 Å². The van der Waals surface area contributed by atoms with Crippen molar-refractivity contribution in [3.63, 3.8) is 0 Å². The van der Waals surface area contributed by atoms with E-state index in [1.807, 2.05) is 19.9 Å². The summed E-state index contributed by atoms with van der Waals surface area (Å²) < 4.78 is 24.2. The van der Waals surface area contributed by atoms with E-state index in [1.54, 1.807) is 11.0 Å². The zero-order valence-corrected chi connectivity index (χ0v) is 11.8. The largest absolute Gasteiger partial charge is 0.370 e. The lowest BCUT2D eigenvalue weighted by atomic mass is 10.1. The standard InChI is InChI=1S/C15H20FNO3/c1-11(2)20-10-15(18)17-6-7-19-14(9-17)12-4-3-5-13(16)8-12/h3-5,8,11,14H,6-7,9-10H2,1-2H3. The van der Waals surface area contributed by atoms with Crippen molar-refractivity contribution in [2.24, 2.45) is 0 Å². The van der Waals surface area contributed by atoms with Crippen LogP contribution in [0.5, 0.6) is 0 Å². The lowest BCUT2D eigenvalue weighted by molar-refractivity contribution is -0.145. The Morgan fingerprint density at radius 1 is 1.55 bits per heavy atom. The van der Waals surface area contributed by atoms with Gasteiger partial charge in [0.1, 0.15) is 18.5 Å². The molecule has 0 N–H and O–H groups in total. The molecular weight excluding hydrogens is 261 g/mol. The Morgan fingerprint density at radius 2 is 2.35 bits per heavy atom. The van der Waals surface area contributed by atoms with E-state index in [2.05, 4.69) is 0 Å². The molecule has 110 valence electrons. The lowest BCUT2D eigenvalue weighted by Crippen LogP contribution is -2.44. The summed E-state index contributed by atoms with van der Waals surface area (Å²) in [5.74, 6) is -0.346. The molecule has 0 saturated carbocycles. The SMILES string of the molecule is CC(C)OCC(=O)N1CCOC(c2cccc(F)c2)C1. The second kappa shape index (κ2) is 6.81. The van der Waals surface area contributed by atoms with Crippen LogP contribution in [0, 0.1) is 5.82 Å². The third-order valence-electron chi connectivity index (χ3n) is 3.18. The fraction of sp³-hybridized carbons (Fsp3) is 0.533. The van der Waals surface area contributed by atoms with Crippen molar-refractivity contribution in [3.05, 3.63) is 35.6 Å². The third-order valence-corrected chi connectivity index (χ3v) is 3.18. The molecule has 1 saturated heterocycles. The van der Waals surface area contributed by atoms with Gasteiger partial charge in [-0.2, -0.15) is 0 Å². The number of halogens is 1. The van der Waals surface area contributed by atoms with Gasteiger partial charge in [-0.1, -0.05) is 12.1 Å². The monoisotopic (exact) mass is 281 g/mol. The molecule has 1 aliphatic heterocycles. The Morgan fingerprint density at radius 3 is 3.05 bits per heavy atom. The fourth-order valence-corrected chi connectivity index (χ4v) is 2.11. The minimum absolute atomic E-state index is 0.0269. The first-order valence-corrected chi connectivity index (χ1v) is 6.82. The molecule has 0 bridgehead atoms. The molecule has 0 spiro atoms. The maximum Gasteiger partial charge on any atom is 0.248 e. The normalized spacial score (nSPS) is 19.4. The predicted molar refractivity (Wildman–Crippen MR) is 72.8 cm³/mol. The van der Waals surface area contributed by atoms with Crippen LogP contribution in [0.15, 0.2) is 24.3 Å². The molecule has 2 rings (SSSR count). The van der Waals surface area contributed by atoms with Gasteiger partial charge >= 0.3 is 0 Å². The second-order valence-electron chi connectivity index (χ2n) is 5.11. The number of hydrogen-bond donors (Lipinski definition) is 0. The Bertz CT molecular complexity index is 464. The Hall–Kier alpha value is -1.46. The van der Waals surface area contributed by atoms with Gasteiger partial charge in [-0.3, -0.25) is 4.79 Å². The molecule has 0 aliphatic carbocycles. The minimum atomic E-state index is -0.294. The van der Waals surface area contributed by atoms with Gasteiger partial charge in [0.2, 0.25) is 5.91 Å². The van der Waals surface area contributed by atoms with Gasteiger partial charge in [0.05, 0.1) is 19.3 Å². The number of benzene rings is 1. The van der Waals surface area contributed by atoms with Crippen molar-refractivity contribution < 1.29 is 18.7 Å². The first-order valence-electron chi connectivity index (χ1n) is 6.82. The molecule has 20 heavy (non-hydrogen) atoms. The van der Waals surface area contributed by atoms with Gasteiger partial charge < -0.3 is 14.4 Å². The van der Waals surface area contributed by atoms with Crippen LogP contribution in [-0.4, -0.2) is 43.2 Å². The van der Waals surface area contributed by atoms with Crippen molar-refractivity contribution in [1.29, 1.82) is 0 Å². The highest BCUT2D eigenvalue weighted by molar-refractivity contribution is 5.77. The zero-order chi connectivity index (χ0) is 14.5. The summed E-state index contributed by atoms with van der Waals surface area (Å²) in [5.41, 5.74) is 0.757. The van der Waals surface area contributed by atoms with Gasteiger partial charge in [-0.15, -0.1) is 0 Å². The third kappa shape index (κ3) is 4.02. The maximum atomic E-state index is 13.2. The molecule has 5 heteroatoms. The molecule has 4 nitrogen and oxygen atoms in total. The topological polar surface area (TPSA) is 38.8 Å². The summed E-state index contributed by atoms with van der Waals surface area (Å²) in [4.78, 5) is 13.7. The summed E-state index contributed by atoms with van der Waals surface area (Å²) in [6.07, 6.45) is -0.249. The quantitative estimate of drug-likeness (QED) is 0.849. The Balaban J connectivity index is 1.96. The molecule has 1 aromatic carbocycles. The first kappa shape index (κ1) is 14.9. The van der Waals surface area contributed by atoms with Crippen LogP contribution in [0.3, 0.4) is 0 Å². The van der Waals surface area contributed by atoms with E-state index in [1.165, 1.54) is 12.1 Å². The molecule has 1 atom stereocenters. The number of ether oxygens (including phenoxy) is 2. The summed E-state index contributed by atoms with van der Waals surface area (Å²) >= 11 is 0. The van der Waals surface area contributed by atoms with Crippen LogP contribution in [0.4, 0.5) is 4.39 Å². The molecular formula is C15H20FNO3. The van der Waals surface area contributed by atoms with Crippen molar-refractivity contribution in [1.82, 2.24) is 4.90 Å². The lowest BCUT2D eigenvalue weighted by Gasteiger charge is -2.33. The van der Waals surface area contributed by atoms with Crippen molar-refractivity contribution in [2.75, 3.05) is 26.3 Å². The first-order chi connectivity index (χ1) is 9.56. The molecule has 1 unspecified atom stereocenters. The van der Waals surface area contributed by atoms with E-state index < -0.39 is 0 Å². The van der Waals surface area contributed by atoms with Gasteiger partial charge in [0.15, 0.2) is 0 Å². The zero-order valence-electron chi connectivity index (χ0n) is 11.8. The van der Waals surface area contributed by atoms with Crippen molar-refractivity contribution in [2.45, 2.75) is 26.1 Å². The highest BCUT2D eigenvalue weighted by Crippen LogP contribution is 2.22. The van der Waals surface area contributed by atoms with Crippen LogP contribution in [0.25, 0.3) is 0 Å². The summed E-state index contributed by atoms with van der Waals surface area (Å²) in [6, 6.07) is 6.30. The number of amides is 1.